The van der Waals surface area contributed by atoms with Crippen LogP contribution in [0.4, 0.5) is 10.1 Å². The van der Waals surface area contributed by atoms with Crippen LogP contribution in [0.15, 0.2) is 18.2 Å². The van der Waals surface area contributed by atoms with Gasteiger partial charge in [-0.15, -0.1) is 0 Å². The van der Waals surface area contributed by atoms with E-state index in [1.54, 1.807) is 0 Å². The number of nitrogens with two attached hydrogens (primary N) is 1. The molecule has 96 valence electrons. The third-order valence-electron chi connectivity index (χ3n) is 3.04. The van der Waals surface area contributed by atoms with Crippen molar-refractivity contribution in [3.8, 4) is 0 Å². The van der Waals surface area contributed by atoms with Gasteiger partial charge in [-0.25, -0.2) is 9.18 Å². The highest BCUT2D eigenvalue weighted by atomic mass is 19.1. The first-order valence-electron chi connectivity index (χ1n) is 5.59. The molecule has 0 bridgehead atoms. The first-order chi connectivity index (χ1) is 8.50. The molecule has 1 aromatic carbocycles. The highest BCUT2D eigenvalue weighted by molar-refractivity contribution is 6.01. The van der Waals surface area contributed by atoms with Crippen LogP contribution in [0.5, 0.6) is 0 Å². The third-order valence-corrected chi connectivity index (χ3v) is 3.04. The summed E-state index contributed by atoms with van der Waals surface area (Å²) in [5, 5.41) is 9.00. The lowest BCUT2D eigenvalue weighted by Gasteiger charge is -2.22. The Morgan fingerprint density at radius 2 is 2.17 bits per heavy atom. The largest absolute Gasteiger partial charge is 0.480 e. The Morgan fingerprint density at radius 1 is 1.44 bits per heavy atom. The molecule has 1 heterocycles. The molecule has 0 aromatic heterocycles. The topological polar surface area (TPSA) is 83.6 Å². The highest BCUT2D eigenvalue weighted by Crippen LogP contribution is 2.23. The van der Waals surface area contributed by atoms with Gasteiger partial charge in [0.2, 0.25) is 0 Å². The van der Waals surface area contributed by atoms with Gasteiger partial charge in [0.25, 0.3) is 5.91 Å². The molecule has 6 heteroatoms. The number of carboxylic acids is 1. The van der Waals surface area contributed by atoms with Gasteiger partial charge in [0.15, 0.2) is 0 Å². The molecule has 5 nitrogen and oxygen atoms in total. The van der Waals surface area contributed by atoms with Crippen molar-refractivity contribution in [2.75, 3.05) is 12.3 Å². The first kappa shape index (κ1) is 12.3. The van der Waals surface area contributed by atoms with E-state index in [0.29, 0.717) is 19.4 Å². The number of nitrogen functional groups attached to an aromatic ring is 1. The van der Waals surface area contributed by atoms with Gasteiger partial charge in [0, 0.05) is 12.2 Å². The summed E-state index contributed by atoms with van der Waals surface area (Å²) >= 11 is 0. The molecule has 0 radical (unpaired) electrons. The number of anilines is 1. The second-order valence-corrected chi connectivity index (χ2v) is 4.23. The molecule has 1 aromatic rings. The summed E-state index contributed by atoms with van der Waals surface area (Å²) in [6.07, 6.45) is 1.04. The number of likely N-dealkylation sites (tertiary alicyclic amines) is 1. The summed E-state index contributed by atoms with van der Waals surface area (Å²) in [5.74, 6) is -2.15. The number of carbonyl (C=O) groups excluding carboxylic acids is 1. The Balaban J connectivity index is 2.31. The fourth-order valence-corrected chi connectivity index (χ4v) is 2.13. The average Bonchev–Trinajstić information content (AvgIpc) is 2.80. The zero-order valence-corrected chi connectivity index (χ0v) is 9.60. The molecular weight excluding hydrogens is 239 g/mol. The maximum absolute atomic E-state index is 13.1. The maximum atomic E-state index is 13.1. The monoisotopic (exact) mass is 252 g/mol. The number of benzene rings is 1. The Kier molecular flexibility index (Phi) is 3.18. The normalized spacial score (nSPS) is 18.9. The number of carbonyl (C=O) groups is 2. The van der Waals surface area contributed by atoms with Gasteiger partial charge in [0.1, 0.15) is 11.9 Å². The Bertz CT molecular complexity index is 504. The van der Waals surface area contributed by atoms with Crippen molar-refractivity contribution in [3.05, 3.63) is 29.6 Å². The summed E-state index contributed by atoms with van der Waals surface area (Å²) in [5.41, 5.74) is 5.79. The number of nitrogens with zero attached hydrogens (tertiary/aromatic N) is 1. The van der Waals surface area contributed by atoms with E-state index in [0.717, 1.165) is 12.1 Å². The van der Waals surface area contributed by atoms with Gasteiger partial charge in [0.05, 0.1) is 5.56 Å². The van der Waals surface area contributed by atoms with Crippen LogP contribution in [0.1, 0.15) is 23.2 Å². The standard InChI is InChI=1S/C12H13FN2O3/c13-7-3-4-9(14)8(6-7)11(16)15-5-1-2-10(15)12(17)18/h3-4,6,10H,1-2,5,14H2,(H,17,18)/t10-/m1/s1. The number of halogens is 1. The lowest BCUT2D eigenvalue weighted by atomic mass is 10.1. The fourth-order valence-electron chi connectivity index (χ4n) is 2.13. The van der Waals surface area contributed by atoms with E-state index in [9.17, 15) is 14.0 Å². The Morgan fingerprint density at radius 3 is 2.83 bits per heavy atom. The second-order valence-electron chi connectivity index (χ2n) is 4.23. The van der Waals surface area contributed by atoms with E-state index in [-0.39, 0.29) is 11.3 Å². The lowest BCUT2D eigenvalue weighted by molar-refractivity contribution is -0.141. The van der Waals surface area contributed by atoms with Crippen molar-refractivity contribution in [2.45, 2.75) is 18.9 Å². The smallest absolute Gasteiger partial charge is 0.326 e. The molecular formula is C12H13FN2O3. The van der Waals surface area contributed by atoms with Gasteiger partial charge in [-0.3, -0.25) is 4.79 Å². The van der Waals surface area contributed by atoms with Crippen LogP contribution in [0.2, 0.25) is 0 Å². The van der Waals surface area contributed by atoms with Crippen molar-refractivity contribution in [2.24, 2.45) is 0 Å². The van der Waals surface area contributed by atoms with Gasteiger partial charge in [-0.1, -0.05) is 0 Å². The predicted octanol–water partition coefficient (Wildman–Crippen LogP) is 1.10. The van der Waals surface area contributed by atoms with Crippen LogP contribution in [0.3, 0.4) is 0 Å². The number of amides is 1. The van der Waals surface area contributed by atoms with Gasteiger partial charge < -0.3 is 15.7 Å². The van der Waals surface area contributed by atoms with Crippen LogP contribution in [-0.2, 0) is 4.79 Å². The Hall–Kier alpha value is -2.11. The van der Waals surface area contributed by atoms with Crippen LogP contribution in [-0.4, -0.2) is 34.5 Å². The van der Waals surface area contributed by atoms with Crippen LogP contribution in [0.25, 0.3) is 0 Å². The van der Waals surface area contributed by atoms with E-state index in [2.05, 4.69) is 0 Å². The number of rotatable bonds is 2. The van der Waals surface area contributed by atoms with E-state index in [1.165, 1.54) is 11.0 Å². The molecule has 0 unspecified atom stereocenters. The van der Waals surface area contributed by atoms with E-state index >= 15 is 0 Å². The van der Waals surface area contributed by atoms with Gasteiger partial charge >= 0.3 is 5.97 Å². The number of carboxylic acid groups (broad SMARTS) is 1. The second kappa shape index (κ2) is 4.64. The van der Waals surface area contributed by atoms with E-state index in [1.807, 2.05) is 0 Å². The molecule has 18 heavy (non-hydrogen) atoms. The maximum Gasteiger partial charge on any atom is 0.326 e. The van der Waals surface area contributed by atoms with Gasteiger partial charge in [-0.05, 0) is 31.0 Å². The minimum absolute atomic E-state index is 0.0168. The first-order valence-corrected chi connectivity index (χ1v) is 5.59. The lowest BCUT2D eigenvalue weighted by Crippen LogP contribution is -2.40. The zero-order chi connectivity index (χ0) is 13.3. The highest BCUT2D eigenvalue weighted by Gasteiger charge is 2.35. The molecule has 0 spiro atoms. The van der Waals surface area contributed by atoms with Crippen LogP contribution >= 0.6 is 0 Å². The van der Waals surface area contributed by atoms with Crippen LogP contribution < -0.4 is 5.73 Å². The predicted molar refractivity (Wildman–Crippen MR) is 62.5 cm³/mol. The summed E-state index contributed by atoms with van der Waals surface area (Å²) in [6.45, 7) is 0.353. The summed E-state index contributed by atoms with van der Waals surface area (Å²) < 4.78 is 13.1. The minimum Gasteiger partial charge on any atom is -0.480 e. The molecule has 0 saturated carbocycles. The fraction of sp³-hybridized carbons (Fsp3) is 0.333. The van der Waals surface area contributed by atoms with Crippen molar-refractivity contribution < 1.29 is 19.1 Å². The third kappa shape index (κ3) is 2.13. The SMILES string of the molecule is Nc1ccc(F)cc1C(=O)N1CCC[C@@H]1C(=O)O. The molecule has 1 fully saturated rings. The van der Waals surface area contributed by atoms with Crippen molar-refractivity contribution in [3.63, 3.8) is 0 Å². The quantitative estimate of drug-likeness (QED) is 0.772. The Labute approximate surface area is 103 Å². The van der Waals surface area contributed by atoms with Crippen molar-refractivity contribution in [1.29, 1.82) is 0 Å². The summed E-state index contributed by atoms with van der Waals surface area (Å²) in [4.78, 5) is 24.4. The molecule has 1 saturated heterocycles. The van der Waals surface area contributed by atoms with E-state index < -0.39 is 23.7 Å². The van der Waals surface area contributed by atoms with Gasteiger partial charge in [-0.2, -0.15) is 0 Å². The summed E-state index contributed by atoms with van der Waals surface area (Å²) in [6, 6.07) is 2.65. The van der Waals surface area contributed by atoms with Crippen LogP contribution in [0, 0.1) is 5.82 Å². The van der Waals surface area contributed by atoms with E-state index in [4.69, 9.17) is 10.8 Å². The molecule has 3 N–H and O–H groups in total. The zero-order valence-electron chi connectivity index (χ0n) is 9.60. The molecule has 1 atom stereocenters. The van der Waals surface area contributed by atoms with Crippen molar-refractivity contribution >= 4 is 17.6 Å². The molecule has 0 aliphatic carbocycles. The summed E-state index contributed by atoms with van der Waals surface area (Å²) in [7, 11) is 0. The van der Waals surface area contributed by atoms with Crippen molar-refractivity contribution in [1.82, 2.24) is 4.90 Å². The minimum atomic E-state index is -1.05. The molecule has 1 aliphatic heterocycles. The average molecular weight is 252 g/mol. The molecule has 1 amide bonds. The molecule has 1 aliphatic rings. The molecule has 2 rings (SSSR count). The number of hydrogen-bond donors (Lipinski definition) is 2. The number of aliphatic carboxylic acids is 1. The number of hydrogen-bond acceptors (Lipinski definition) is 3.